The number of hydrogen-bond acceptors (Lipinski definition) is 2. The first kappa shape index (κ1) is 23.4. The van der Waals surface area contributed by atoms with E-state index in [9.17, 15) is 4.79 Å². The molecule has 0 aromatic carbocycles. The van der Waals surface area contributed by atoms with Gasteiger partial charge in [-0.3, -0.25) is 10.2 Å². The first-order valence-corrected chi connectivity index (χ1v) is 10.8. The molecule has 0 aromatic heterocycles. The molecule has 1 amide bonds. The van der Waals surface area contributed by atoms with Crippen molar-refractivity contribution in [2.24, 2.45) is 0 Å². The van der Waals surface area contributed by atoms with Crippen LogP contribution in [-0.4, -0.2) is 12.5 Å². The summed E-state index contributed by atoms with van der Waals surface area (Å²) in [5.41, 5.74) is 5.68. The third-order valence-electron chi connectivity index (χ3n) is 4.70. The lowest BCUT2D eigenvalue weighted by Gasteiger charge is -2.06. The summed E-state index contributed by atoms with van der Waals surface area (Å²) in [4.78, 5) is 11.0. The van der Waals surface area contributed by atoms with Gasteiger partial charge in [0.25, 0.3) is 0 Å². The monoisotopic (exact) mass is 340 g/mol. The van der Waals surface area contributed by atoms with Crippen LogP contribution >= 0.6 is 0 Å². The summed E-state index contributed by atoms with van der Waals surface area (Å²) in [6, 6.07) is 0. The molecule has 0 aliphatic heterocycles. The van der Waals surface area contributed by atoms with E-state index in [1.165, 1.54) is 96.3 Å². The molecule has 0 spiro atoms. The summed E-state index contributed by atoms with van der Waals surface area (Å²) >= 11 is 0. The van der Waals surface area contributed by atoms with Crippen LogP contribution in [0.2, 0.25) is 0 Å². The number of nitrogens with one attached hydrogen (secondary N) is 2. The number of rotatable bonds is 19. The van der Waals surface area contributed by atoms with Crippen molar-refractivity contribution >= 4 is 5.91 Å². The molecule has 144 valence electrons. The van der Waals surface area contributed by atoms with Crippen molar-refractivity contribution in [2.45, 2.75) is 123 Å². The van der Waals surface area contributed by atoms with Gasteiger partial charge in [0, 0.05) is 13.0 Å². The van der Waals surface area contributed by atoms with E-state index in [2.05, 4.69) is 17.8 Å². The van der Waals surface area contributed by atoms with Crippen LogP contribution in [0.3, 0.4) is 0 Å². The van der Waals surface area contributed by atoms with E-state index in [4.69, 9.17) is 0 Å². The summed E-state index contributed by atoms with van der Waals surface area (Å²) in [7, 11) is 0. The highest BCUT2D eigenvalue weighted by Gasteiger charge is 1.96. The molecule has 0 aliphatic rings. The molecule has 0 atom stereocenters. The quantitative estimate of drug-likeness (QED) is 0.215. The summed E-state index contributed by atoms with van der Waals surface area (Å²) < 4.78 is 0. The second kappa shape index (κ2) is 20.5. The molecule has 2 N–H and O–H groups in total. The van der Waals surface area contributed by atoms with Crippen molar-refractivity contribution in [1.82, 2.24) is 10.9 Å². The Bertz CT molecular complexity index is 256. The van der Waals surface area contributed by atoms with Crippen LogP contribution in [0.1, 0.15) is 123 Å². The number of amides is 1. The summed E-state index contributed by atoms with van der Waals surface area (Å²) in [6.07, 6.45) is 22.9. The molecule has 0 saturated carbocycles. The molecule has 0 fully saturated rings. The third kappa shape index (κ3) is 19.5. The molecule has 0 aliphatic carbocycles. The standard InChI is InChI=1S/C21H44N2O/c1-3-5-6-7-8-9-10-11-12-13-14-15-16-17-18-19-20-22-23-21(24)4-2/h22H,3-20H2,1-2H3,(H,23,24). The van der Waals surface area contributed by atoms with E-state index in [0.717, 1.165) is 13.0 Å². The highest BCUT2D eigenvalue weighted by Crippen LogP contribution is 2.13. The van der Waals surface area contributed by atoms with E-state index >= 15 is 0 Å². The third-order valence-corrected chi connectivity index (χ3v) is 4.70. The van der Waals surface area contributed by atoms with Crippen LogP contribution in [0.5, 0.6) is 0 Å². The molecule has 0 radical (unpaired) electrons. The molecule has 24 heavy (non-hydrogen) atoms. The summed E-state index contributed by atoms with van der Waals surface area (Å²) in [6.45, 7) is 5.04. The molecule has 0 heterocycles. The Labute approximate surface area is 151 Å². The van der Waals surface area contributed by atoms with Crippen LogP contribution in [0.25, 0.3) is 0 Å². The maximum atomic E-state index is 11.0. The largest absolute Gasteiger partial charge is 0.292 e. The second-order valence-electron chi connectivity index (χ2n) is 7.13. The maximum Gasteiger partial charge on any atom is 0.233 e. The van der Waals surface area contributed by atoms with Crippen LogP contribution in [-0.2, 0) is 4.79 Å². The van der Waals surface area contributed by atoms with Crippen molar-refractivity contribution in [3.8, 4) is 0 Å². The van der Waals surface area contributed by atoms with Crippen molar-refractivity contribution in [1.29, 1.82) is 0 Å². The van der Waals surface area contributed by atoms with Gasteiger partial charge in [-0.1, -0.05) is 110 Å². The van der Waals surface area contributed by atoms with Crippen LogP contribution in [0.4, 0.5) is 0 Å². The second-order valence-corrected chi connectivity index (χ2v) is 7.13. The smallest absolute Gasteiger partial charge is 0.233 e. The van der Waals surface area contributed by atoms with Crippen molar-refractivity contribution in [2.75, 3.05) is 6.54 Å². The summed E-state index contributed by atoms with van der Waals surface area (Å²) in [5.74, 6) is 0.0755. The highest BCUT2D eigenvalue weighted by atomic mass is 16.2. The molecule has 3 nitrogen and oxygen atoms in total. The van der Waals surface area contributed by atoms with Gasteiger partial charge < -0.3 is 0 Å². The zero-order valence-corrected chi connectivity index (χ0v) is 16.6. The van der Waals surface area contributed by atoms with Crippen molar-refractivity contribution in [3.05, 3.63) is 0 Å². The SMILES string of the molecule is CCCCCCCCCCCCCCCCCCNNC(=O)CC. The van der Waals surface area contributed by atoms with E-state index in [0.29, 0.717) is 6.42 Å². The lowest BCUT2D eigenvalue weighted by Crippen LogP contribution is -2.37. The van der Waals surface area contributed by atoms with Gasteiger partial charge in [-0.15, -0.1) is 0 Å². The lowest BCUT2D eigenvalue weighted by molar-refractivity contribution is -0.121. The molecule has 0 unspecified atom stereocenters. The van der Waals surface area contributed by atoms with Gasteiger partial charge >= 0.3 is 0 Å². The predicted molar refractivity (Wildman–Crippen MR) is 106 cm³/mol. The zero-order chi connectivity index (χ0) is 17.7. The van der Waals surface area contributed by atoms with Gasteiger partial charge in [-0.25, -0.2) is 5.43 Å². The molecule has 3 heteroatoms. The maximum absolute atomic E-state index is 11.0. The Hall–Kier alpha value is -0.570. The lowest BCUT2D eigenvalue weighted by atomic mass is 10.0. The van der Waals surface area contributed by atoms with Gasteiger partial charge in [0.05, 0.1) is 0 Å². The number of hydrazine groups is 1. The minimum Gasteiger partial charge on any atom is -0.292 e. The van der Waals surface area contributed by atoms with Crippen LogP contribution in [0.15, 0.2) is 0 Å². The minimum atomic E-state index is 0.0755. The van der Waals surface area contributed by atoms with Gasteiger partial charge in [-0.05, 0) is 6.42 Å². The first-order valence-electron chi connectivity index (χ1n) is 10.8. The van der Waals surface area contributed by atoms with Gasteiger partial charge in [0.1, 0.15) is 0 Å². The van der Waals surface area contributed by atoms with Gasteiger partial charge in [0.2, 0.25) is 5.91 Å². The highest BCUT2D eigenvalue weighted by molar-refractivity contribution is 5.74. The Morgan fingerprint density at radius 3 is 1.33 bits per heavy atom. The summed E-state index contributed by atoms with van der Waals surface area (Å²) in [5, 5.41) is 0. The fourth-order valence-corrected chi connectivity index (χ4v) is 3.01. The topological polar surface area (TPSA) is 41.1 Å². The predicted octanol–water partition coefficient (Wildman–Crippen LogP) is 6.28. The zero-order valence-electron chi connectivity index (χ0n) is 16.6. The van der Waals surface area contributed by atoms with Crippen LogP contribution in [0, 0.1) is 0 Å². The van der Waals surface area contributed by atoms with E-state index < -0.39 is 0 Å². The normalized spacial score (nSPS) is 10.9. The molecular weight excluding hydrogens is 296 g/mol. The first-order chi connectivity index (χ1) is 11.8. The van der Waals surface area contributed by atoms with E-state index in [1.54, 1.807) is 0 Å². The Balaban J connectivity index is 2.99. The van der Waals surface area contributed by atoms with Crippen LogP contribution < -0.4 is 10.9 Å². The molecule has 0 rings (SSSR count). The number of unbranched alkanes of at least 4 members (excludes halogenated alkanes) is 15. The van der Waals surface area contributed by atoms with Crippen molar-refractivity contribution in [3.63, 3.8) is 0 Å². The minimum absolute atomic E-state index is 0.0755. The molecular formula is C21H44N2O. The van der Waals surface area contributed by atoms with Gasteiger partial charge in [-0.2, -0.15) is 0 Å². The van der Waals surface area contributed by atoms with E-state index in [1.807, 2.05) is 6.92 Å². The molecule has 0 aromatic rings. The Morgan fingerprint density at radius 2 is 0.958 bits per heavy atom. The Kier molecular flexibility index (Phi) is 20.0. The fourth-order valence-electron chi connectivity index (χ4n) is 3.01. The molecule has 0 bridgehead atoms. The van der Waals surface area contributed by atoms with Crippen molar-refractivity contribution < 1.29 is 4.79 Å². The Morgan fingerprint density at radius 1 is 0.583 bits per heavy atom. The average molecular weight is 341 g/mol. The number of carbonyl (C=O) groups excluding carboxylic acids is 1. The number of hydrogen-bond donors (Lipinski definition) is 2. The van der Waals surface area contributed by atoms with Gasteiger partial charge in [0.15, 0.2) is 0 Å². The molecule has 0 saturated heterocycles. The van der Waals surface area contributed by atoms with E-state index in [-0.39, 0.29) is 5.91 Å². The fraction of sp³-hybridized carbons (Fsp3) is 0.952. The number of carbonyl (C=O) groups is 1. The average Bonchev–Trinajstić information content (AvgIpc) is 2.60.